The summed E-state index contributed by atoms with van der Waals surface area (Å²) in [6.45, 7) is 0.576. The Bertz CT molecular complexity index is 710. The van der Waals surface area contributed by atoms with Gasteiger partial charge >= 0.3 is 0 Å². The normalized spacial score (nSPS) is 13.9. The fraction of sp³-hybridized carbons (Fsp3) is 0.353. The second kappa shape index (κ2) is 6.85. The predicted molar refractivity (Wildman–Crippen MR) is 90.9 cm³/mol. The van der Waals surface area contributed by atoms with E-state index in [1.807, 2.05) is 34.8 Å². The number of rotatable bonds is 6. The van der Waals surface area contributed by atoms with Crippen molar-refractivity contribution in [3.8, 4) is 5.75 Å². The first-order valence-electron chi connectivity index (χ1n) is 7.52. The highest BCUT2D eigenvalue weighted by Gasteiger charge is 2.33. The molecule has 122 valence electrons. The fourth-order valence-electron chi connectivity index (χ4n) is 2.46. The summed E-state index contributed by atoms with van der Waals surface area (Å²) in [5.74, 6) is 0.443. The van der Waals surface area contributed by atoms with Crippen molar-refractivity contribution in [3.63, 3.8) is 0 Å². The Kier molecular flexibility index (Phi) is 4.83. The molecule has 0 atom stereocenters. The van der Waals surface area contributed by atoms with Gasteiger partial charge in [-0.05, 0) is 43.2 Å². The summed E-state index contributed by atoms with van der Waals surface area (Å²) < 4.78 is 7.60. The summed E-state index contributed by atoms with van der Waals surface area (Å²) >= 11 is 11.9. The van der Waals surface area contributed by atoms with Gasteiger partial charge in [-0.15, -0.1) is 0 Å². The number of aromatic nitrogens is 1. The van der Waals surface area contributed by atoms with E-state index in [0.717, 1.165) is 18.5 Å². The molecular formula is C17H18Cl2N2O2. The Morgan fingerprint density at radius 1 is 1.35 bits per heavy atom. The van der Waals surface area contributed by atoms with E-state index in [4.69, 9.17) is 27.9 Å². The van der Waals surface area contributed by atoms with Gasteiger partial charge in [0.25, 0.3) is 5.91 Å². The molecule has 0 unspecified atom stereocenters. The van der Waals surface area contributed by atoms with Crippen LogP contribution in [-0.2, 0) is 18.4 Å². The first-order chi connectivity index (χ1) is 11.0. The van der Waals surface area contributed by atoms with E-state index in [1.54, 1.807) is 18.2 Å². The molecule has 0 spiro atoms. The molecule has 1 aliphatic carbocycles. The van der Waals surface area contributed by atoms with Crippen molar-refractivity contribution in [2.75, 3.05) is 6.61 Å². The van der Waals surface area contributed by atoms with Crippen LogP contribution in [0.1, 0.15) is 18.5 Å². The summed E-state index contributed by atoms with van der Waals surface area (Å²) in [6.07, 6.45) is 4.09. The number of hydrogen-bond acceptors (Lipinski definition) is 2. The monoisotopic (exact) mass is 352 g/mol. The largest absolute Gasteiger partial charge is 0.482 e. The van der Waals surface area contributed by atoms with E-state index in [0.29, 0.717) is 28.4 Å². The molecule has 6 heteroatoms. The molecule has 1 fully saturated rings. The van der Waals surface area contributed by atoms with Gasteiger partial charge in [-0.25, -0.2) is 0 Å². The quantitative estimate of drug-likeness (QED) is 0.789. The topological polar surface area (TPSA) is 34.5 Å². The second-order valence-electron chi connectivity index (χ2n) is 5.73. The Hall–Kier alpha value is -1.65. The zero-order valence-electron chi connectivity index (χ0n) is 12.8. The van der Waals surface area contributed by atoms with Gasteiger partial charge in [0, 0.05) is 30.0 Å². The molecule has 2 aromatic rings. The van der Waals surface area contributed by atoms with E-state index in [9.17, 15) is 4.79 Å². The van der Waals surface area contributed by atoms with Gasteiger partial charge < -0.3 is 14.2 Å². The van der Waals surface area contributed by atoms with Crippen molar-refractivity contribution in [2.45, 2.75) is 25.4 Å². The third kappa shape index (κ3) is 4.01. The van der Waals surface area contributed by atoms with Gasteiger partial charge in [0.1, 0.15) is 5.75 Å². The van der Waals surface area contributed by atoms with Crippen molar-refractivity contribution in [2.24, 2.45) is 7.05 Å². The number of hydrogen-bond donors (Lipinski definition) is 0. The van der Waals surface area contributed by atoms with E-state index < -0.39 is 0 Å². The van der Waals surface area contributed by atoms with Crippen molar-refractivity contribution in [1.29, 1.82) is 0 Å². The van der Waals surface area contributed by atoms with Crippen LogP contribution in [0.5, 0.6) is 5.75 Å². The van der Waals surface area contributed by atoms with Crippen LogP contribution in [0.3, 0.4) is 0 Å². The molecular weight excluding hydrogens is 335 g/mol. The summed E-state index contributed by atoms with van der Waals surface area (Å²) in [6, 6.07) is 9.30. The molecule has 0 bridgehead atoms. The summed E-state index contributed by atoms with van der Waals surface area (Å²) in [5, 5.41) is 0.947. The third-order valence-corrected chi connectivity index (χ3v) is 4.47. The molecule has 1 aromatic carbocycles. The maximum absolute atomic E-state index is 12.5. The average molecular weight is 353 g/mol. The number of aryl methyl sites for hydroxylation is 1. The highest BCUT2D eigenvalue weighted by molar-refractivity contribution is 6.35. The maximum atomic E-state index is 12.5. The van der Waals surface area contributed by atoms with Crippen LogP contribution in [0.15, 0.2) is 36.5 Å². The zero-order valence-corrected chi connectivity index (χ0v) is 14.3. The molecule has 0 saturated heterocycles. The van der Waals surface area contributed by atoms with Crippen molar-refractivity contribution in [1.82, 2.24) is 9.47 Å². The minimum absolute atomic E-state index is 0.0255. The number of nitrogens with zero attached hydrogens (tertiary/aromatic N) is 2. The molecule has 4 nitrogen and oxygen atoms in total. The van der Waals surface area contributed by atoms with E-state index in [-0.39, 0.29) is 12.5 Å². The van der Waals surface area contributed by atoms with Crippen molar-refractivity contribution < 1.29 is 9.53 Å². The molecule has 1 aromatic heterocycles. The van der Waals surface area contributed by atoms with Crippen molar-refractivity contribution >= 4 is 29.1 Å². The highest BCUT2D eigenvalue weighted by atomic mass is 35.5. The zero-order chi connectivity index (χ0) is 16.4. The second-order valence-corrected chi connectivity index (χ2v) is 6.57. The van der Waals surface area contributed by atoms with Crippen LogP contribution in [-0.4, -0.2) is 28.0 Å². The minimum atomic E-state index is -0.0280. The third-order valence-electron chi connectivity index (χ3n) is 3.94. The Morgan fingerprint density at radius 3 is 2.74 bits per heavy atom. The van der Waals surface area contributed by atoms with Gasteiger partial charge in [-0.1, -0.05) is 23.2 Å². The lowest BCUT2D eigenvalue weighted by Gasteiger charge is -2.23. The predicted octanol–water partition coefficient (Wildman–Crippen LogP) is 3.90. The Morgan fingerprint density at radius 2 is 2.13 bits per heavy atom. The fourth-order valence-corrected chi connectivity index (χ4v) is 2.92. The standard InChI is InChI=1S/C17H18Cl2N2O2/c1-20-8-2-3-14(20)10-21(13-5-6-13)17(22)11-23-16-7-4-12(18)9-15(16)19/h2-4,7-9,13H,5-6,10-11H2,1H3. The number of halogens is 2. The number of benzene rings is 1. The van der Waals surface area contributed by atoms with Gasteiger partial charge in [0.2, 0.25) is 0 Å². The molecule has 0 radical (unpaired) electrons. The van der Waals surface area contributed by atoms with E-state index in [2.05, 4.69) is 0 Å². The first kappa shape index (κ1) is 16.2. The average Bonchev–Trinajstić information content (AvgIpc) is 3.27. The van der Waals surface area contributed by atoms with Gasteiger partial charge in [-0.3, -0.25) is 4.79 Å². The Balaban J connectivity index is 1.64. The van der Waals surface area contributed by atoms with Crippen LogP contribution < -0.4 is 4.74 Å². The summed E-state index contributed by atoms with van der Waals surface area (Å²) in [4.78, 5) is 14.4. The van der Waals surface area contributed by atoms with Gasteiger partial charge in [0.15, 0.2) is 6.61 Å². The molecule has 1 aliphatic rings. The SMILES string of the molecule is Cn1cccc1CN(C(=O)COc1ccc(Cl)cc1Cl)C1CC1. The van der Waals surface area contributed by atoms with E-state index in [1.165, 1.54) is 0 Å². The highest BCUT2D eigenvalue weighted by Crippen LogP contribution is 2.30. The number of ether oxygens (including phenoxy) is 1. The maximum Gasteiger partial charge on any atom is 0.261 e. The smallest absolute Gasteiger partial charge is 0.261 e. The molecule has 1 saturated carbocycles. The van der Waals surface area contributed by atoms with Gasteiger partial charge in [0.05, 0.1) is 11.6 Å². The number of carbonyl (C=O) groups is 1. The molecule has 23 heavy (non-hydrogen) atoms. The van der Waals surface area contributed by atoms with Crippen LogP contribution >= 0.6 is 23.2 Å². The molecule has 1 heterocycles. The molecule has 3 rings (SSSR count). The first-order valence-corrected chi connectivity index (χ1v) is 8.27. The lowest BCUT2D eigenvalue weighted by molar-refractivity contribution is -0.134. The lowest BCUT2D eigenvalue weighted by atomic mass is 10.3. The molecule has 0 N–H and O–H groups in total. The molecule has 1 amide bonds. The summed E-state index contributed by atoms with van der Waals surface area (Å²) in [5.41, 5.74) is 1.11. The molecule has 0 aliphatic heterocycles. The number of amides is 1. The lowest BCUT2D eigenvalue weighted by Crippen LogP contribution is -2.36. The van der Waals surface area contributed by atoms with Gasteiger partial charge in [-0.2, -0.15) is 0 Å². The van der Waals surface area contributed by atoms with Crippen LogP contribution in [0, 0.1) is 0 Å². The van der Waals surface area contributed by atoms with Crippen LogP contribution in [0.25, 0.3) is 0 Å². The van der Waals surface area contributed by atoms with Crippen LogP contribution in [0.2, 0.25) is 10.0 Å². The Labute approximate surface area is 145 Å². The van der Waals surface area contributed by atoms with Crippen molar-refractivity contribution in [3.05, 3.63) is 52.3 Å². The number of carbonyl (C=O) groups excluding carboxylic acids is 1. The summed E-state index contributed by atoms with van der Waals surface area (Å²) in [7, 11) is 1.98. The van der Waals surface area contributed by atoms with Crippen LogP contribution in [0.4, 0.5) is 0 Å². The minimum Gasteiger partial charge on any atom is -0.482 e. The van der Waals surface area contributed by atoms with E-state index >= 15 is 0 Å².